The van der Waals surface area contributed by atoms with Crippen molar-refractivity contribution in [3.63, 3.8) is 0 Å². The van der Waals surface area contributed by atoms with E-state index in [2.05, 4.69) is 6.92 Å². The van der Waals surface area contributed by atoms with Gasteiger partial charge >= 0.3 is 0 Å². The Morgan fingerprint density at radius 2 is 1.71 bits per heavy atom. The highest BCUT2D eigenvalue weighted by Gasteiger charge is 1.91. The van der Waals surface area contributed by atoms with Crippen molar-refractivity contribution in [1.29, 1.82) is 0 Å². The molecule has 14 heavy (non-hydrogen) atoms. The van der Waals surface area contributed by atoms with Crippen LogP contribution in [0, 0.1) is 6.92 Å². The Bertz CT molecular complexity index is 218. The minimum Gasteiger partial charge on any atom is -0.494 e. The summed E-state index contributed by atoms with van der Waals surface area (Å²) in [5, 5.41) is 0. The number of halogens is 1. The number of hydrogen-bond acceptors (Lipinski definition) is 1. The molecule has 0 atom stereocenters. The van der Waals surface area contributed by atoms with E-state index in [-0.39, 0.29) is 0 Å². The topological polar surface area (TPSA) is 9.23 Å². The molecule has 1 aromatic carbocycles. The fraction of sp³-hybridized carbons (Fsp3) is 0.500. The second-order valence-electron chi connectivity index (χ2n) is 2.70. The summed E-state index contributed by atoms with van der Waals surface area (Å²) < 4.78 is 5.42. The fourth-order valence-electron chi connectivity index (χ4n) is 0.879. The Balaban J connectivity index is 0.000000791. The van der Waals surface area contributed by atoms with Crippen LogP contribution >= 0.6 is 11.6 Å². The molecule has 0 spiro atoms. The van der Waals surface area contributed by atoms with Crippen LogP contribution in [-0.4, -0.2) is 12.5 Å². The van der Waals surface area contributed by atoms with Gasteiger partial charge in [0.2, 0.25) is 0 Å². The zero-order valence-electron chi connectivity index (χ0n) is 9.22. The van der Waals surface area contributed by atoms with E-state index in [1.165, 1.54) is 5.56 Å². The molecule has 0 aliphatic rings. The summed E-state index contributed by atoms with van der Waals surface area (Å²) in [6.07, 6.45) is 0.898. The number of aryl methyl sites for hydroxylation is 1. The van der Waals surface area contributed by atoms with Gasteiger partial charge in [0, 0.05) is 5.88 Å². The molecule has 0 bridgehead atoms. The number of benzene rings is 1. The van der Waals surface area contributed by atoms with Crippen LogP contribution in [0.3, 0.4) is 0 Å². The summed E-state index contributed by atoms with van der Waals surface area (Å²) >= 11 is 5.51. The van der Waals surface area contributed by atoms with E-state index < -0.39 is 0 Å². The molecule has 0 heterocycles. The van der Waals surface area contributed by atoms with Crippen LogP contribution in [0.5, 0.6) is 5.75 Å². The zero-order valence-corrected chi connectivity index (χ0v) is 9.97. The third-order valence-electron chi connectivity index (χ3n) is 1.57. The smallest absolute Gasteiger partial charge is 0.119 e. The van der Waals surface area contributed by atoms with E-state index in [0.29, 0.717) is 12.5 Å². The van der Waals surface area contributed by atoms with E-state index >= 15 is 0 Å². The van der Waals surface area contributed by atoms with Crippen LogP contribution in [0.2, 0.25) is 0 Å². The fourth-order valence-corrected chi connectivity index (χ4v) is 0.988. The zero-order chi connectivity index (χ0) is 10.8. The summed E-state index contributed by atoms with van der Waals surface area (Å²) in [5.74, 6) is 1.58. The van der Waals surface area contributed by atoms with E-state index in [1.54, 1.807) is 0 Å². The van der Waals surface area contributed by atoms with Gasteiger partial charge < -0.3 is 4.74 Å². The first-order valence-corrected chi connectivity index (χ1v) is 5.62. The van der Waals surface area contributed by atoms with Gasteiger partial charge in [0.15, 0.2) is 0 Å². The van der Waals surface area contributed by atoms with Crippen molar-refractivity contribution < 1.29 is 4.74 Å². The van der Waals surface area contributed by atoms with E-state index in [4.69, 9.17) is 16.3 Å². The number of hydrogen-bond donors (Lipinski definition) is 0. The van der Waals surface area contributed by atoms with Crippen molar-refractivity contribution in [1.82, 2.24) is 0 Å². The van der Waals surface area contributed by atoms with Crippen molar-refractivity contribution in [2.75, 3.05) is 12.5 Å². The lowest BCUT2D eigenvalue weighted by atomic mass is 10.2. The number of ether oxygens (including phenoxy) is 1. The van der Waals surface area contributed by atoms with Crippen molar-refractivity contribution in [2.24, 2.45) is 0 Å². The third kappa shape index (κ3) is 5.87. The van der Waals surface area contributed by atoms with Crippen LogP contribution < -0.4 is 4.74 Å². The number of alkyl halides is 1. The highest BCUT2D eigenvalue weighted by Crippen LogP contribution is 2.11. The van der Waals surface area contributed by atoms with Gasteiger partial charge in [-0.05, 0) is 25.5 Å². The molecule has 80 valence electrons. The van der Waals surface area contributed by atoms with Crippen LogP contribution in [0.25, 0.3) is 0 Å². The summed E-state index contributed by atoms with van der Waals surface area (Å²) in [6.45, 7) is 6.76. The molecule has 1 aromatic rings. The maximum Gasteiger partial charge on any atom is 0.119 e. The standard InChI is InChI=1S/C10H13ClO.C2H6/c1-9-3-5-10(6-4-9)12-8-2-7-11;1-2/h3-6H,2,7-8H2,1H3;1-2H3. The molecule has 0 radical (unpaired) electrons. The summed E-state index contributed by atoms with van der Waals surface area (Å²) in [7, 11) is 0. The van der Waals surface area contributed by atoms with Gasteiger partial charge in [-0.1, -0.05) is 31.5 Å². The minimum absolute atomic E-state index is 0.659. The summed E-state index contributed by atoms with van der Waals surface area (Å²) in [4.78, 5) is 0. The molecule has 0 aliphatic carbocycles. The van der Waals surface area contributed by atoms with Crippen LogP contribution in [-0.2, 0) is 0 Å². The molecular formula is C12H19ClO. The van der Waals surface area contributed by atoms with Gasteiger partial charge in [-0.2, -0.15) is 0 Å². The highest BCUT2D eigenvalue weighted by atomic mass is 35.5. The van der Waals surface area contributed by atoms with Crippen molar-refractivity contribution in [3.05, 3.63) is 29.8 Å². The van der Waals surface area contributed by atoms with Crippen molar-refractivity contribution in [2.45, 2.75) is 27.2 Å². The van der Waals surface area contributed by atoms with Gasteiger partial charge in [0.05, 0.1) is 6.61 Å². The molecule has 0 aliphatic heterocycles. The Hall–Kier alpha value is -0.690. The normalized spacial score (nSPS) is 8.86. The molecule has 0 unspecified atom stereocenters. The van der Waals surface area contributed by atoms with Gasteiger partial charge in [-0.3, -0.25) is 0 Å². The molecule has 1 rings (SSSR count). The van der Waals surface area contributed by atoms with Crippen LogP contribution in [0.4, 0.5) is 0 Å². The molecule has 1 nitrogen and oxygen atoms in total. The maximum atomic E-state index is 5.51. The molecule has 2 heteroatoms. The van der Waals surface area contributed by atoms with Gasteiger partial charge in [0.25, 0.3) is 0 Å². The van der Waals surface area contributed by atoms with Gasteiger partial charge in [-0.15, -0.1) is 11.6 Å². The SMILES string of the molecule is CC.Cc1ccc(OCCCCl)cc1. The van der Waals surface area contributed by atoms with Crippen LogP contribution in [0.1, 0.15) is 25.8 Å². The lowest BCUT2D eigenvalue weighted by Crippen LogP contribution is -1.97. The van der Waals surface area contributed by atoms with Gasteiger partial charge in [-0.25, -0.2) is 0 Å². The minimum atomic E-state index is 0.659. The molecule has 0 amide bonds. The van der Waals surface area contributed by atoms with Gasteiger partial charge in [0.1, 0.15) is 5.75 Å². The van der Waals surface area contributed by atoms with Crippen LogP contribution in [0.15, 0.2) is 24.3 Å². The van der Waals surface area contributed by atoms with E-state index in [9.17, 15) is 0 Å². The molecule has 0 saturated heterocycles. The average molecular weight is 215 g/mol. The first-order valence-electron chi connectivity index (χ1n) is 5.08. The second-order valence-corrected chi connectivity index (χ2v) is 3.08. The summed E-state index contributed by atoms with van der Waals surface area (Å²) in [6, 6.07) is 8.03. The maximum absolute atomic E-state index is 5.51. The Labute approximate surface area is 92.0 Å². The first-order chi connectivity index (χ1) is 6.83. The molecular weight excluding hydrogens is 196 g/mol. The average Bonchev–Trinajstić information content (AvgIpc) is 2.24. The Morgan fingerprint density at radius 1 is 1.14 bits per heavy atom. The number of rotatable bonds is 4. The highest BCUT2D eigenvalue weighted by molar-refractivity contribution is 6.17. The molecule has 0 N–H and O–H groups in total. The third-order valence-corrected chi connectivity index (χ3v) is 1.83. The Kier molecular flexibility index (Phi) is 8.45. The lowest BCUT2D eigenvalue weighted by molar-refractivity contribution is 0.318. The second kappa shape index (κ2) is 8.89. The monoisotopic (exact) mass is 214 g/mol. The van der Waals surface area contributed by atoms with E-state index in [0.717, 1.165) is 12.2 Å². The van der Waals surface area contributed by atoms with Crippen molar-refractivity contribution in [3.8, 4) is 5.75 Å². The Morgan fingerprint density at radius 3 is 2.21 bits per heavy atom. The summed E-state index contributed by atoms with van der Waals surface area (Å²) in [5.41, 5.74) is 1.25. The van der Waals surface area contributed by atoms with Crippen molar-refractivity contribution >= 4 is 11.6 Å². The first kappa shape index (κ1) is 13.3. The van der Waals surface area contributed by atoms with E-state index in [1.807, 2.05) is 38.1 Å². The predicted molar refractivity (Wildman–Crippen MR) is 63.4 cm³/mol. The molecule has 0 fully saturated rings. The largest absolute Gasteiger partial charge is 0.494 e. The predicted octanol–water partition coefficient (Wildman–Crippen LogP) is 4.03. The molecule has 0 aromatic heterocycles. The molecule has 0 saturated carbocycles. The quantitative estimate of drug-likeness (QED) is 0.543. The lowest BCUT2D eigenvalue weighted by Gasteiger charge is -2.04.